The van der Waals surface area contributed by atoms with Crippen LogP contribution in [-0.2, 0) is 0 Å². The quantitative estimate of drug-likeness (QED) is 0.721. The highest BCUT2D eigenvalue weighted by Gasteiger charge is 2.10. The van der Waals surface area contributed by atoms with E-state index in [0.717, 1.165) is 12.3 Å². The average Bonchev–Trinajstić information content (AvgIpc) is 2.60. The molecule has 3 rings (SSSR count). The highest BCUT2D eigenvalue weighted by atomic mass is 14.7. The highest BCUT2D eigenvalue weighted by molar-refractivity contribution is 6.07. The van der Waals surface area contributed by atoms with Crippen LogP contribution < -0.4 is 0 Å². The van der Waals surface area contributed by atoms with E-state index in [9.17, 15) is 0 Å². The van der Waals surface area contributed by atoms with Crippen LogP contribution in [0, 0.1) is 6.92 Å². The fraction of sp³-hybridized carbons (Fsp3) is 0.136. The Bertz CT molecular complexity index is 770. The largest absolute Gasteiger partial charge is 0.286 e. The molecular weight excluding hydrogens is 278 g/mol. The van der Waals surface area contributed by atoms with Crippen molar-refractivity contribution in [2.24, 2.45) is 4.99 Å². The summed E-state index contributed by atoms with van der Waals surface area (Å²) in [4.78, 5) is 4.45. The summed E-state index contributed by atoms with van der Waals surface area (Å²) < 4.78 is 0. The zero-order valence-electron chi connectivity index (χ0n) is 13.7. The number of hydrogen-bond donors (Lipinski definition) is 0. The molecule has 0 radical (unpaired) electrons. The third kappa shape index (κ3) is 3.57. The van der Waals surface area contributed by atoms with Gasteiger partial charge in [-0.05, 0) is 48.3 Å². The molecule has 2 aromatic rings. The fourth-order valence-electron chi connectivity index (χ4n) is 2.74. The first-order valence-corrected chi connectivity index (χ1v) is 8.05. The van der Waals surface area contributed by atoms with Crippen LogP contribution in [0.1, 0.15) is 23.6 Å². The lowest BCUT2D eigenvalue weighted by atomic mass is 9.90. The number of allylic oxidation sites excluding steroid dienone is 5. The second-order valence-electron chi connectivity index (χ2n) is 5.63. The molecule has 0 unspecified atom stereocenters. The molecule has 0 bridgehead atoms. The lowest BCUT2D eigenvalue weighted by molar-refractivity contribution is 1.13. The lowest BCUT2D eigenvalue weighted by Crippen LogP contribution is -1.98. The Morgan fingerprint density at radius 1 is 0.783 bits per heavy atom. The molecule has 0 spiro atoms. The molecule has 1 heteroatoms. The maximum atomic E-state index is 4.45. The first-order valence-electron chi connectivity index (χ1n) is 8.05. The van der Waals surface area contributed by atoms with E-state index in [1.165, 1.54) is 27.8 Å². The normalized spacial score (nSPS) is 13.3. The Kier molecular flexibility index (Phi) is 4.68. The molecule has 0 amide bonds. The Morgan fingerprint density at radius 2 is 1.39 bits per heavy atom. The fourth-order valence-corrected chi connectivity index (χ4v) is 2.74. The molecule has 0 saturated heterocycles. The van der Waals surface area contributed by atoms with E-state index in [-0.39, 0.29) is 0 Å². The van der Waals surface area contributed by atoms with Gasteiger partial charge in [0, 0.05) is 6.54 Å². The summed E-state index contributed by atoms with van der Waals surface area (Å²) in [6, 6.07) is 19.3. The Labute approximate surface area is 138 Å². The van der Waals surface area contributed by atoms with Crippen LogP contribution >= 0.6 is 0 Å². The molecular formula is C22H21N. The summed E-state index contributed by atoms with van der Waals surface area (Å²) in [6.07, 6.45) is 8.51. The topological polar surface area (TPSA) is 12.4 Å². The molecule has 0 aromatic heterocycles. The molecule has 0 atom stereocenters. The van der Waals surface area contributed by atoms with Crippen molar-refractivity contribution in [1.82, 2.24) is 0 Å². The number of nitrogens with zero attached hydrogens (tertiary/aromatic N) is 1. The molecule has 1 aliphatic rings. The smallest absolute Gasteiger partial charge is 0.0574 e. The lowest BCUT2D eigenvalue weighted by Gasteiger charge is -2.14. The van der Waals surface area contributed by atoms with Gasteiger partial charge in [0.05, 0.1) is 5.71 Å². The second kappa shape index (κ2) is 7.06. The second-order valence-corrected chi connectivity index (χ2v) is 5.63. The van der Waals surface area contributed by atoms with Crippen LogP contribution in [0.3, 0.4) is 0 Å². The molecule has 2 aromatic carbocycles. The van der Waals surface area contributed by atoms with Gasteiger partial charge in [-0.1, -0.05) is 72.3 Å². The monoisotopic (exact) mass is 299 g/mol. The molecule has 1 aliphatic carbocycles. The minimum absolute atomic E-state index is 0.812. The van der Waals surface area contributed by atoms with Crippen molar-refractivity contribution in [1.29, 1.82) is 0 Å². The minimum atomic E-state index is 0.812. The van der Waals surface area contributed by atoms with Gasteiger partial charge in [0.2, 0.25) is 0 Å². The molecule has 1 nitrogen and oxygen atoms in total. The van der Waals surface area contributed by atoms with Gasteiger partial charge >= 0.3 is 0 Å². The van der Waals surface area contributed by atoms with Crippen LogP contribution in [-0.4, -0.2) is 12.3 Å². The van der Waals surface area contributed by atoms with Gasteiger partial charge in [0.25, 0.3) is 0 Å². The van der Waals surface area contributed by atoms with E-state index in [2.05, 4.69) is 97.7 Å². The number of aryl methyl sites for hydroxylation is 1. The van der Waals surface area contributed by atoms with Crippen LogP contribution in [0.5, 0.6) is 0 Å². The summed E-state index contributed by atoms with van der Waals surface area (Å²) in [5.74, 6) is 0. The van der Waals surface area contributed by atoms with Crippen molar-refractivity contribution in [2.45, 2.75) is 13.8 Å². The van der Waals surface area contributed by atoms with Crippen molar-refractivity contribution in [3.8, 4) is 0 Å². The maximum absolute atomic E-state index is 4.45. The predicted octanol–water partition coefficient (Wildman–Crippen LogP) is 5.38. The van der Waals surface area contributed by atoms with Crippen molar-refractivity contribution in [2.75, 3.05) is 6.54 Å². The van der Waals surface area contributed by atoms with Crippen LogP contribution in [0.4, 0.5) is 0 Å². The number of aliphatic imine (C=N–C) groups is 1. The molecule has 0 N–H and O–H groups in total. The molecule has 114 valence electrons. The van der Waals surface area contributed by atoms with Crippen molar-refractivity contribution < 1.29 is 0 Å². The first-order chi connectivity index (χ1) is 11.3. The van der Waals surface area contributed by atoms with Crippen LogP contribution in [0.25, 0.3) is 5.57 Å². The summed E-state index contributed by atoms with van der Waals surface area (Å²) in [5, 5.41) is 0. The Morgan fingerprint density at radius 3 is 2.00 bits per heavy atom. The summed E-state index contributed by atoms with van der Waals surface area (Å²) in [7, 11) is 0. The van der Waals surface area contributed by atoms with E-state index >= 15 is 0 Å². The number of rotatable bonds is 3. The standard InChI is InChI=1S/C22H21N/c1-3-23-21-15-13-20(14-16-21)22(18-7-5-4-6-8-18)19-11-9-17(2)10-12-19/h4-16H,3H2,1-2H3. The molecule has 0 heterocycles. The zero-order chi connectivity index (χ0) is 16.1. The van der Waals surface area contributed by atoms with E-state index in [1.54, 1.807) is 0 Å². The summed E-state index contributed by atoms with van der Waals surface area (Å²) >= 11 is 0. The Balaban J connectivity index is 2.12. The zero-order valence-corrected chi connectivity index (χ0v) is 13.7. The molecule has 0 saturated carbocycles. The maximum Gasteiger partial charge on any atom is 0.0574 e. The van der Waals surface area contributed by atoms with Gasteiger partial charge in [-0.2, -0.15) is 0 Å². The molecule has 23 heavy (non-hydrogen) atoms. The third-order valence-corrected chi connectivity index (χ3v) is 3.90. The minimum Gasteiger partial charge on any atom is -0.286 e. The SMILES string of the molecule is CCN=C1C=CC(=C(c2ccccc2)c2ccc(C)cc2)C=C1. The highest BCUT2D eigenvalue weighted by Crippen LogP contribution is 2.29. The van der Waals surface area contributed by atoms with Gasteiger partial charge in [0.15, 0.2) is 0 Å². The van der Waals surface area contributed by atoms with Gasteiger partial charge in [0.1, 0.15) is 0 Å². The summed E-state index contributed by atoms with van der Waals surface area (Å²) in [5.41, 5.74) is 7.26. The predicted molar refractivity (Wildman–Crippen MR) is 99.9 cm³/mol. The van der Waals surface area contributed by atoms with Crippen molar-refractivity contribution in [3.63, 3.8) is 0 Å². The van der Waals surface area contributed by atoms with Gasteiger partial charge < -0.3 is 0 Å². The van der Waals surface area contributed by atoms with Gasteiger partial charge in [-0.15, -0.1) is 0 Å². The van der Waals surface area contributed by atoms with Crippen LogP contribution in [0.2, 0.25) is 0 Å². The van der Waals surface area contributed by atoms with Gasteiger partial charge in [-0.25, -0.2) is 0 Å². The molecule has 0 fully saturated rings. The first kappa shape index (κ1) is 15.2. The van der Waals surface area contributed by atoms with Crippen LogP contribution in [0.15, 0.2) is 89.5 Å². The average molecular weight is 299 g/mol. The number of benzene rings is 2. The van der Waals surface area contributed by atoms with E-state index in [1.807, 2.05) is 0 Å². The number of hydrogen-bond acceptors (Lipinski definition) is 1. The van der Waals surface area contributed by atoms with Crippen molar-refractivity contribution in [3.05, 3.63) is 101 Å². The van der Waals surface area contributed by atoms with E-state index in [4.69, 9.17) is 0 Å². The van der Waals surface area contributed by atoms with E-state index < -0.39 is 0 Å². The molecule has 0 aliphatic heterocycles. The van der Waals surface area contributed by atoms with Gasteiger partial charge in [-0.3, -0.25) is 4.99 Å². The van der Waals surface area contributed by atoms with Crippen molar-refractivity contribution >= 4 is 11.3 Å². The van der Waals surface area contributed by atoms with E-state index in [0.29, 0.717) is 0 Å². The summed E-state index contributed by atoms with van der Waals surface area (Å²) in [6.45, 7) is 4.99. The Hall–Kier alpha value is -2.67. The third-order valence-electron chi connectivity index (χ3n) is 3.90.